The van der Waals surface area contributed by atoms with E-state index in [0.29, 0.717) is 29.6 Å². The van der Waals surface area contributed by atoms with E-state index in [0.717, 1.165) is 44.4 Å². The quantitative estimate of drug-likeness (QED) is 0.262. The second-order valence-electron chi connectivity index (χ2n) is 8.82. The second-order valence-corrected chi connectivity index (χ2v) is 8.82. The van der Waals surface area contributed by atoms with Crippen LogP contribution in [0, 0.1) is 5.82 Å². The van der Waals surface area contributed by atoms with E-state index in [1.54, 1.807) is 7.11 Å². The minimum Gasteiger partial charge on any atom is -0.493 e. The lowest BCUT2D eigenvalue weighted by molar-refractivity contribution is 0.217. The standard InChI is InChI=1S/C26H38FN7O2/c1-7-26(5,8-2)22-16-23(33-32-22)30-24-19(27)17-28-25(31-24)29-18-11-12-20(35-6)21(15-18)36-14-13-34(9-3)10-4/h11-12,15-17H,7-10,13-14H2,1-6H3,(H3,28,29,30,31,32,33). The highest BCUT2D eigenvalue weighted by Crippen LogP contribution is 2.33. The Bertz CT molecular complexity index is 1110. The molecule has 3 N–H and O–H groups in total. The van der Waals surface area contributed by atoms with Crippen molar-refractivity contribution in [3.63, 3.8) is 0 Å². The van der Waals surface area contributed by atoms with Crippen molar-refractivity contribution in [3.8, 4) is 11.5 Å². The van der Waals surface area contributed by atoms with Crippen LogP contribution in [0.3, 0.4) is 0 Å². The Labute approximate surface area is 212 Å². The highest BCUT2D eigenvalue weighted by atomic mass is 19.1. The van der Waals surface area contributed by atoms with Gasteiger partial charge in [-0.05, 0) is 38.1 Å². The number of hydrogen-bond acceptors (Lipinski definition) is 8. The first kappa shape index (κ1) is 27.2. The van der Waals surface area contributed by atoms with Crippen molar-refractivity contribution in [3.05, 3.63) is 42.0 Å². The van der Waals surface area contributed by atoms with E-state index in [9.17, 15) is 4.39 Å². The molecule has 36 heavy (non-hydrogen) atoms. The Morgan fingerprint density at radius 3 is 2.47 bits per heavy atom. The summed E-state index contributed by atoms with van der Waals surface area (Å²) in [7, 11) is 1.60. The lowest BCUT2D eigenvalue weighted by atomic mass is 9.81. The highest BCUT2D eigenvalue weighted by molar-refractivity contribution is 5.61. The lowest BCUT2D eigenvalue weighted by Crippen LogP contribution is -2.27. The summed E-state index contributed by atoms with van der Waals surface area (Å²) < 4.78 is 25.9. The summed E-state index contributed by atoms with van der Waals surface area (Å²) >= 11 is 0. The second kappa shape index (κ2) is 12.5. The normalized spacial score (nSPS) is 11.6. The minimum absolute atomic E-state index is 0.0432. The van der Waals surface area contributed by atoms with Crippen LogP contribution in [0.25, 0.3) is 0 Å². The van der Waals surface area contributed by atoms with E-state index in [-0.39, 0.29) is 17.2 Å². The molecule has 0 aliphatic carbocycles. The molecule has 2 aromatic heterocycles. The van der Waals surface area contributed by atoms with Gasteiger partial charge in [-0.3, -0.25) is 5.10 Å². The van der Waals surface area contributed by atoms with Crippen LogP contribution >= 0.6 is 0 Å². The molecule has 0 fully saturated rings. The number of H-pyrrole nitrogens is 1. The molecule has 10 heteroatoms. The number of nitrogens with one attached hydrogen (secondary N) is 3. The summed E-state index contributed by atoms with van der Waals surface area (Å²) in [6.07, 6.45) is 3.03. The Morgan fingerprint density at radius 2 is 1.81 bits per heavy atom. The van der Waals surface area contributed by atoms with Gasteiger partial charge in [-0.15, -0.1) is 0 Å². The van der Waals surface area contributed by atoms with Crippen LogP contribution in [-0.2, 0) is 5.41 Å². The molecule has 0 radical (unpaired) electrons. The van der Waals surface area contributed by atoms with Crippen molar-refractivity contribution in [2.24, 2.45) is 0 Å². The number of anilines is 4. The Hall–Kier alpha value is -3.40. The zero-order chi connectivity index (χ0) is 26.1. The molecule has 0 bridgehead atoms. The van der Waals surface area contributed by atoms with Gasteiger partial charge in [-0.25, -0.2) is 9.37 Å². The first-order chi connectivity index (χ1) is 17.3. The first-order valence-electron chi connectivity index (χ1n) is 12.5. The van der Waals surface area contributed by atoms with Gasteiger partial charge in [0.15, 0.2) is 23.1 Å². The van der Waals surface area contributed by atoms with Crippen LogP contribution in [0.2, 0.25) is 0 Å². The van der Waals surface area contributed by atoms with Crippen LogP contribution < -0.4 is 20.1 Å². The van der Waals surface area contributed by atoms with E-state index in [2.05, 4.69) is 70.3 Å². The number of methoxy groups -OCH3 is 1. The largest absolute Gasteiger partial charge is 0.493 e. The summed E-state index contributed by atoms with van der Waals surface area (Å²) in [5, 5.41) is 13.5. The molecule has 0 aliphatic rings. The van der Waals surface area contributed by atoms with Crippen LogP contribution in [0.4, 0.5) is 27.7 Å². The summed E-state index contributed by atoms with van der Waals surface area (Å²) in [6, 6.07) is 7.35. The number of likely N-dealkylation sites (N-methyl/N-ethyl adjacent to an activating group) is 1. The van der Waals surface area contributed by atoms with E-state index in [4.69, 9.17) is 9.47 Å². The number of benzene rings is 1. The number of aromatic amines is 1. The number of halogens is 1. The summed E-state index contributed by atoms with van der Waals surface area (Å²) in [4.78, 5) is 10.7. The third kappa shape index (κ3) is 6.63. The van der Waals surface area contributed by atoms with Crippen LogP contribution in [0.5, 0.6) is 11.5 Å². The van der Waals surface area contributed by atoms with Crippen molar-refractivity contribution in [1.82, 2.24) is 25.1 Å². The summed E-state index contributed by atoms with van der Waals surface area (Å²) in [5.74, 6) is 1.51. The van der Waals surface area contributed by atoms with Gasteiger partial charge in [0, 0.05) is 29.8 Å². The molecule has 0 aliphatic heterocycles. The fourth-order valence-corrected chi connectivity index (χ4v) is 3.77. The monoisotopic (exact) mass is 499 g/mol. The van der Waals surface area contributed by atoms with Gasteiger partial charge in [-0.1, -0.05) is 34.6 Å². The summed E-state index contributed by atoms with van der Waals surface area (Å²) in [5.41, 5.74) is 1.57. The predicted molar refractivity (Wildman–Crippen MR) is 141 cm³/mol. The van der Waals surface area contributed by atoms with Gasteiger partial charge in [-0.2, -0.15) is 10.1 Å². The Kier molecular flexibility index (Phi) is 9.46. The molecule has 0 unspecified atom stereocenters. The number of aromatic nitrogens is 4. The Balaban J connectivity index is 1.73. The van der Waals surface area contributed by atoms with Gasteiger partial charge in [0.1, 0.15) is 12.4 Å². The van der Waals surface area contributed by atoms with E-state index in [1.165, 1.54) is 0 Å². The third-order valence-electron chi connectivity index (χ3n) is 6.73. The molecule has 0 amide bonds. The van der Waals surface area contributed by atoms with Crippen LogP contribution in [0.1, 0.15) is 53.2 Å². The van der Waals surface area contributed by atoms with Crippen LogP contribution in [0.15, 0.2) is 30.5 Å². The molecule has 0 saturated carbocycles. The topological polar surface area (TPSA) is 100 Å². The molecule has 3 rings (SSSR count). The molecule has 2 heterocycles. The molecule has 196 valence electrons. The molecule has 3 aromatic rings. The average molecular weight is 500 g/mol. The number of ether oxygens (including phenoxy) is 2. The van der Waals surface area contributed by atoms with Crippen molar-refractivity contribution >= 4 is 23.3 Å². The number of rotatable bonds is 14. The Morgan fingerprint density at radius 1 is 1.06 bits per heavy atom. The SMILES string of the molecule is CCN(CC)CCOc1cc(Nc2ncc(F)c(Nc3cc(C(C)(CC)CC)n[nH]3)n2)ccc1OC. The molecular weight excluding hydrogens is 461 g/mol. The number of hydrogen-bond donors (Lipinski definition) is 3. The lowest BCUT2D eigenvalue weighted by Gasteiger charge is -2.23. The molecule has 0 atom stereocenters. The van der Waals surface area contributed by atoms with Gasteiger partial charge >= 0.3 is 0 Å². The number of nitrogens with zero attached hydrogens (tertiary/aromatic N) is 4. The fraction of sp³-hybridized carbons (Fsp3) is 0.500. The van der Waals surface area contributed by atoms with Gasteiger partial charge in [0.25, 0.3) is 0 Å². The first-order valence-corrected chi connectivity index (χ1v) is 12.5. The zero-order valence-corrected chi connectivity index (χ0v) is 22.1. The van der Waals surface area contributed by atoms with Crippen molar-refractivity contribution in [1.29, 1.82) is 0 Å². The molecular formula is C26H38FN7O2. The fourth-order valence-electron chi connectivity index (χ4n) is 3.77. The van der Waals surface area contributed by atoms with Gasteiger partial charge in [0.2, 0.25) is 5.95 Å². The smallest absolute Gasteiger partial charge is 0.229 e. The van der Waals surface area contributed by atoms with Crippen molar-refractivity contribution in [2.75, 3.05) is 44.0 Å². The summed E-state index contributed by atoms with van der Waals surface area (Å²) in [6.45, 7) is 14.0. The van der Waals surface area contributed by atoms with Crippen LogP contribution in [-0.4, -0.2) is 58.4 Å². The van der Waals surface area contributed by atoms with Gasteiger partial charge in [0.05, 0.1) is 19.0 Å². The third-order valence-corrected chi connectivity index (χ3v) is 6.73. The van der Waals surface area contributed by atoms with Crippen molar-refractivity contribution in [2.45, 2.75) is 52.9 Å². The van der Waals surface area contributed by atoms with E-state index < -0.39 is 5.82 Å². The van der Waals surface area contributed by atoms with Crippen molar-refractivity contribution < 1.29 is 13.9 Å². The average Bonchev–Trinajstić information content (AvgIpc) is 3.37. The molecule has 1 aromatic carbocycles. The maximum absolute atomic E-state index is 14.5. The molecule has 0 saturated heterocycles. The van der Waals surface area contributed by atoms with E-state index >= 15 is 0 Å². The maximum Gasteiger partial charge on any atom is 0.229 e. The molecule has 9 nitrogen and oxygen atoms in total. The highest BCUT2D eigenvalue weighted by Gasteiger charge is 2.25. The molecule has 0 spiro atoms. The van der Waals surface area contributed by atoms with Gasteiger partial charge < -0.3 is 25.0 Å². The minimum atomic E-state index is -0.569. The van der Waals surface area contributed by atoms with E-state index in [1.807, 2.05) is 24.3 Å². The predicted octanol–water partition coefficient (Wildman–Crippen LogP) is 5.63. The maximum atomic E-state index is 14.5. The zero-order valence-electron chi connectivity index (χ0n) is 22.1.